The second-order valence-electron chi connectivity index (χ2n) is 3.23. The van der Waals surface area contributed by atoms with Crippen molar-refractivity contribution < 1.29 is 9.13 Å². The van der Waals surface area contributed by atoms with Gasteiger partial charge in [0.25, 0.3) is 0 Å². The summed E-state index contributed by atoms with van der Waals surface area (Å²) in [5, 5.41) is 0.0291. The minimum atomic E-state index is -0.577. The van der Waals surface area contributed by atoms with Crippen molar-refractivity contribution in [1.82, 2.24) is 0 Å². The van der Waals surface area contributed by atoms with E-state index in [0.717, 1.165) is 0 Å². The number of rotatable bonds is 2. The van der Waals surface area contributed by atoms with Crippen molar-refractivity contribution in [2.24, 2.45) is 0 Å². The Bertz CT molecular complexity index is 516. The highest BCUT2D eigenvalue weighted by atomic mass is 35.5. The van der Waals surface area contributed by atoms with Crippen LogP contribution in [0.4, 0.5) is 10.1 Å². The fourth-order valence-electron chi connectivity index (χ4n) is 1.27. The van der Waals surface area contributed by atoms with Gasteiger partial charge in [-0.25, -0.2) is 4.39 Å². The highest BCUT2D eigenvalue weighted by Gasteiger charge is 2.08. The van der Waals surface area contributed by atoms with Gasteiger partial charge in [-0.15, -0.1) is 0 Å². The van der Waals surface area contributed by atoms with Crippen LogP contribution in [-0.4, -0.2) is 0 Å². The third-order valence-electron chi connectivity index (χ3n) is 2.00. The molecule has 0 bridgehead atoms. The van der Waals surface area contributed by atoms with E-state index in [1.165, 1.54) is 12.1 Å². The van der Waals surface area contributed by atoms with Gasteiger partial charge in [-0.2, -0.15) is 0 Å². The van der Waals surface area contributed by atoms with Crippen LogP contribution in [0, 0.1) is 5.82 Å². The van der Waals surface area contributed by atoms with Crippen LogP contribution in [0.15, 0.2) is 42.5 Å². The molecule has 0 saturated heterocycles. The summed E-state index contributed by atoms with van der Waals surface area (Å²) in [5.74, 6) is -0.0224. The Morgan fingerprint density at radius 2 is 1.88 bits per heavy atom. The molecular weight excluding hydrogens is 229 g/mol. The standard InChI is InChI=1S/C12H9ClFNO/c13-10-5-2-6-11(12(10)14)16-9-4-1-3-8(15)7-9/h1-7H,15H2. The van der Waals surface area contributed by atoms with Crippen LogP contribution in [0.3, 0.4) is 0 Å². The smallest absolute Gasteiger partial charge is 0.184 e. The normalized spacial score (nSPS) is 10.1. The fourth-order valence-corrected chi connectivity index (χ4v) is 1.43. The molecular formula is C12H9ClFNO. The zero-order valence-electron chi connectivity index (χ0n) is 8.28. The zero-order chi connectivity index (χ0) is 11.5. The average molecular weight is 238 g/mol. The Morgan fingerprint density at radius 3 is 2.62 bits per heavy atom. The molecule has 0 aromatic heterocycles. The highest BCUT2D eigenvalue weighted by molar-refractivity contribution is 6.30. The number of nitrogens with two attached hydrogens (primary N) is 1. The van der Waals surface area contributed by atoms with Crippen molar-refractivity contribution in [2.75, 3.05) is 5.73 Å². The first-order valence-corrected chi connectivity index (χ1v) is 5.02. The van der Waals surface area contributed by atoms with Crippen molar-refractivity contribution in [3.05, 3.63) is 53.3 Å². The summed E-state index contributed by atoms with van der Waals surface area (Å²) in [5.41, 5.74) is 6.14. The molecule has 2 aromatic carbocycles. The Hall–Kier alpha value is -1.74. The largest absolute Gasteiger partial charge is 0.454 e. The second kappa shape index (κ2) is 4.41. The van der Waals surface area contributed by atoms with Gasteiger partial charge in [0.1, 0.15) is 5.75 Å². The first kappa shape index (κ1) is 10.8. The summed E-state index contributed by atoms with van der Waals surface area (Å²) in [6.45, 7) is 0. The van der Waals surface area contributed by atoms with Gasteiger partial charge in [-0.3, -0.25) is 0 Å². The van der Waals surface area contributed by atoms with E-state index in [2.05, 4.69) is 0 Å². The summed E-state index contributed by atoms with van der Waals surface area (Å²) < 4.78 is 18.8. The van der Waals surface area contributed by atoms with Crippen molar-refractivity contribution in [3.63, 3.8) is 0 Å². The summed E-state index contributed by atoms with van der Waals surface area (Å²) in [4.78, 5) is 0. The summed E-state index contributed by atoms with van der Waals surface area (Å²) in [6, 6.07) is 11.3. The molecule has 0 atom stereocenters. The average Bonchev–Trinajstić information content (AvgIpc) is 2.25. The van der Waals surface area contributed by atoms with Gasteiger partial charge in [0.15, 0.2) is 11.6 Å². The predicted molar refractivity (Wildman–Crippen MR) is 62.3 cm³/mol. The molecule has 0 saturated carbocycles. The van der Waals surface area contributed by atoms with Crippen LogP contribution < -0.4 is 10.5 Å². The van der Waals surface area contributed by atoms with Gasteiger partial charge in [-0.1, -0.05) is 23.7 Å². The topological polar surface area (TPSA) is 35.2 Å². The molecule has 0 amide bonds. The molecule has 2 N–H and O–H groups in total. The molecule has 2 aromatic rings. The number of anilines is 1. The van der Waals surface area contributed by atoms with E-state index in [9.17, 15) is 4.39 Å². The lowest BCUT2D eigenvalue weighted by Crippen LogP contribution is -1.90. The van der Waals surface area contributed by atoms with E-state index >= 15 is 0 Å². The highest BCUT2D eigenvalue weighted by Crippen LogP contribution is 2.29. The van der Waals surface area contributed by atoms with Crippen molar-refractivity contribution in [2.45, 2.75) is 0 Å². The first-order valence-electron chi connectivity index (χ1n) is 4.64. The van der Waals surface area contributed by atoms with E-state index in [1.807, 2.05) is 0 Å². The maximum Gasteiger partial charge on any atom is 0.184 e. The minimum Gasteiger partial charge on any atom is -0.454 e. The van der Waals surface area contributed by atoms with E-state index in [0.29, 0.717) is 11.4 Å². The molecule has 0 aliphatic heterocycles. The summed E-state index contributed by atoms with van der Waals surface area (Å²) >= 11 is 5.63. The van der Waals surface area contributed by atoms with Gasteiger partial charge >= 0.3 is 0 Å². The van der Waals surface area contributed by atoms with Crippen LogP contribution in [0.25, 0.3) is 0 Å². The maximum absolute atomic E-state index is 13.5. The number of hydrogen-bond donors (Lipinski definition) is 1. The lowest BCUT2D eigenvalue weighted by atomic mass is 10.3. The molecule has 0 aliphatic carbocycles. The van der Waals surface area contributed by atoms with Crippen LogP contribution in [0.1, 0.15) is 0 Å². The van der Waals surface area contributed by atoms with Crippen molar-refractivity contribution in [3.8, 4) is 11.5 Å². The second-order valence-corrected chi connectivity index (χ2v) is 3.63. The predicted octanol–water partition coefficient (Wildman–Crippen LogP) is 3.85. The van der Waals surface area contributed by atoms with Gasteiger partial charge in [0.2, 0.25) is 0 Å². The molecule has 2 rings (SSSR count). The van der Waals surface area contributed by atoms with Crippen LogP contribution in [0.2, 0.25) is 5.02 Å². The lowest BCUT2D eigenvalue weighted by molar-refractivity contribution is 0.442. The number of benzene rings is 2. The van der Waals surface area contributed by atoms with Crippen LogP contribution in [0.5, 0.6) is 11.5 Å². The molecule has 0 unspecified atom stereocenters. The Labute approximate surface area is 97.4 Å². The first-order chi connectivity index (χ1) is 7.66. The number of nitrogen functional groups attached to an aromatic ring is 1. The SMILES string of the molecule is Nc1cccc(Oc2cccc(Cl)c2F)c1. The van der Waals surface area contributed by atoms with Gasteiger partial charge in [-0.05, 0) is 24.3 Å². The Balaban J connectivity index is 2.31. The van der Waals surface area contributed by atoms with Gasteiger partial charge in [0, 0.05) is 11.8 Å². The Morgan fingerprint density at radius 1 is 1.12 bits per heavy atom. The number of hydrogen-bond acceptors (Lipinski definition) is 2. The number of halogens is 2. The molecule has 82 valence electrons. The monoisotopic (exact) mass is 237 g/mol. The van der Waals surface area contributed by atoms with Gasteiger partial charge in [0.05, 0.1) is 5.02 Å². The molecule has 16 heavy (non-hydrogen) atoms. The third kappa shape index (κ3) is 2.25. The summed E-state index contributed by atoms with van der Waals surface area (Å²) in [7, 11) is 0. The van der Waals surface area contributed by atoms with Crippen molar-refractivity contribution in [1.29, 1.82) is 0 Å². The van der Waals surface area contributed by atoms with Crippen LogP contribution >= 0.6 is 11.6 Å². The zero-order valence-corrected chi connectivity index (χ0v) is 9.04. The molecule has 0 radical (unpaired) electrons. The number of ether oxygens (including phenoxy) is 1. The third-order valence-corrected chi connectivity index (χ3v) is 2.29. The fraction of sp³-hybridized carbons (Fsp3) is 0. The van der Waals surface area contributed by atoms with Crippen LogP contribution in [-0.2, 0) is 0 Å². The van der Waals surface area contributed by atoms with Gasteiger partial charge < -0.3 is 10.5 Å². The van der Waals surface area contributed by atoms with E-state index < -0.39 is 5.82 Å². The lowest BCUT2D eigenvalue weighted by Gasteiger charge is -2.07. The Kier molecular flexibility index (Phi) is 2.97. The minimum absolute atomic E-state index is 0.0291. The quantitative estimate of drug-likeness (QED) is 0.805. The van der Waals surface area contributed by atoms with E-state index in [4.69, 9.17) is 22.1 Å². The molecule has 0 spiro atoms. The molecule has 0 fully saturated rings. The summed E-state index contributed by atoms with van der Waals surface area (Å²) in [6.07, 6.45) is 0. The molecule has 4 heteroatoms. The molecule has 0 heterocycles. The molecule has 0 aliphatic rings. The van der Waals surface area contributed by atoms with Crippen molar-refractivity contribution >= 4 is 17.3 Å². The van der Waals surface area contributed by atoms with E-state index in [1.54, 1.807) is 30.3 Å². The van der Waals surface area contributed by atoms with E-state index in [-0.39, 0.29) is 10.8 Å². The molecule has 2 nitrogen and oxygen atoms in total. The maximum atomic E-state index is 13.5.